The lowest BCUT2D eigenvalue weighted by atomic mass is 9.84. The summed E-state index contributed by atoms with van der Waals surface area (Å²) in [6.45, 7) is 0.939. The van der Waals surface area contributed by atoms with Gasteiger partial charge in [-0.1, -0.05) is 24.3 Å². The number of pyridine rings is 1. The topological polar surface area (TPSA) is 40.0 Å². The predicted molar refractivity (Wildman–Crippen MR) is 74.4 cm³/mol. The molecule has 2 aliphatic rings. The average Bonchev–Trinajstić information content (AvgIpc) is 2.47. The lowest BCUT2D eigenvalue weighted by Gasteiger charge is -2.42. The van der Waals surface area contributed by atoms with Crippen LogP contribution >= 0.6 is 0 Å². The molecule has 2 aromatic rings. The summed E-state index contributed by atoms with van der Waals surface area (Å²) in [5.41, 5.74) is 5.08. The molecule has 0 saturated heterocycles. The lowest BCUT2D eigenvalue weighted by molar-refractivity contribution is 0.287. The monoisotopic (exact) mass is 249 g/mol. The number of aromatic nitrogens is 1. The van der Waals surface area contributed by atoms with Crippen molar-refractivity contribution in [3.63, 3.8) is 0 Å². The van der Waals surface area contributed by atoms with E-state index in [0.29, 0.717) is 11.9 Å². The number of fused-ring (bicyclic) bond motifs is 4. The molecule has 2 aliphatic heterocycles. The van der Waals surface area contributed by atoms with Gasteiger partial charge in [-0.15, -0.1) is 0 Å². The van der Waals surface area contributed by atoms with Gasteiger partial charge in [-0.3, -0.25) is 10.4 Å². The van der Waals surface area contributed by atoms with Crippen LogP contribution in [0.2, 0.25) is 0 Å². The van der Waals surface area contributed by atoms with Crippen LogP contribution in [-0.2, 0) is 12.8 Å². The zero-order valence-electron chi connectivity index (χ0n) is 10.6. The zero-order valence-corrected chi connectivity index (χ0v) is 10.6. The summed E-state index contributed by atoms with van der Waals surface area (Å²) < 4.78 is 0. The normalized spacial score (nSPS) is 20.5. The third kappa shape index (κ3) is 1.51. The van der Waals surface area contributed by atoms with Gasteiger partial charge in [0.05, 0.1) is 6.04 Å². The maximum absolute atomic E-state index is 8.42. The van der Waals surface area contributed by atoms with Gasteiger partial charge in [-0.05, 0) is 35.6 Å². The summed E-state index contributed by atoms with van der Waals surface area (Å²) in [6, 6.07) is 11.0. The molecule has 4 rings (SSSR count). The van der Waals surface area contributed by atoms with Crippen LogP contribution in [0.25, 0.3) is 0 Å². The van der Waals surface area contributed by atoms with Gasteiger partial charge in [-0.25, -0.2) is 0 Å². The second-order valence-corrected chi connectivity index (χ2v) is 5.24. The van der Waals surface area contributed by atoms with Crippen LogP contribution in [0.15, 0.2) is 42.7 Å². The molecular weight excluding hydrogens is 234 g/mol. The van der Waals surface area contributed by atoms with E-state index in [9.17, 15) is 0 Å². The van der Waals surface area contributed by atoms with Gasteiger partial charge in [0.15, 0.2) is 0 Å². The largest absolute Gasteiger partial charge is 0.349 e. The number of hydrogen-bond acceptors (Lipinski definition) is 2. The number of nitrogens with zero attached hydrogens (tertiary/aromatic N) is 2. The molecule has 0 aliphatic carbocycles. The molecule has 1 N–H and O–H groups in total. The van der Waals surface area contributed by atoms with E-state index in [0.717, 1.165) is 24.9 Å². The number of rotatable bonds is 0. The summed E-state index contributed by atoms with van der Waals surface area (Å²) in [7, 11) is 0. The van der Waals surface area contributed by atoms with E-state index >= 15 is 0 Å². The molecule has 94 valence electrons. The smallest absolute Gasteiger partial charge is 0.130 e. The predicted octanol–water partition coefficient (Wildman–Crippen LogP) is 2.56. The van der Waals surface area contributed by atoms with Crippen LogP contribution in [0, 0.1) is 5.41 Å². The van der Waals surface area contributed by atoms with Crippen molar-refractivity contribution >= 4 is 5.84 Å². The Kier molecular flexibility index (Phi) is 2.21. The molecule has 0 amide bonds. The second kappa shape index (κ2) is 3.92. The first-order valence-electron chi connectivity index (χ1n) is 6.71. The van der Waals surface area contributed by atoms with Crippen molar-refractivity contribution in [1.82, 2.24) is 9.88 Å². The first-order chi connectivity index (χ1) is 9.34. The number of hydrogen-bond donors (Lipinski definition) is 1. The fraction of sp³-hybridized carbons (Fsp3) is 0.250. The molecule has 0 bridgehead atoms. The van der Waals surface area contributed by atoms with Gasteiger partial charge >= 0.3 is 0 Å². The van der Waals surface area contributed by atoms with Crippen molar-refractivity contribution in [3.8, 4) is 0 Å². The fourth-order valence-corrected chi connectivity index (χ4v) is 3.32. The molecule has 0 fully saturated rings. The van der Waals surface area contributed by atoms with E-state index in [1.54, 1.807) is 0 Å². The molecule has 3 nitrogen and oxygen atoms in total. The highest BCUT2D eigenvalue weighted by Crippen LogP contribution is 2.37. The van der Waals surface area contributed by atoms with E-state index in [-0.39, 0.29) is 0 Å². The van der Waals surface area contributed by atoms with Crippen molar-refractivity contribution in [2.75, 3.05) is 6.54 Å². The van der Waals surface area contributed by atoms with E-state index in [1.165, 1.54) is 16.7 Å². The van der Waals surface area contributed by atoms with E-state index in [2.05, 4.69) is 40.2 Å². The van der Waals surface area contributed by atoms with Crippen LogP contribution in [0.3, 0.4) is 0 Å². The van der Waals surface area contributed by atoms with Crippen molar-refractivity contribution < 1.29 is 0 Å². The number of amidine groups is 1. The molecule has 0 saturated carbocycles. The highest BCUT2D eigenvalue weighted by atomic mass is 15.2. The van der Waals surface area contributed by atoms with Crippen LogP contribution < -0.4 is 0 Å². The molecule has 0 radical (unpaired) electrons. The van der Waals surface area contributed by atoms with Crippen molar-refractivity contribution in [1.29, 1.82) is 5.41 Å². The van der Waals surface area contributed by atoms with Gasteiger partial charge in [0.2, 0.25) is 0 Å². The van der Waals surface area contributed by atoms with Crippen molar-refractivity contribution in [2.45, 2.75) is 18.9 Å². The second-order valence-electron chi connectivity index (χ2n) is 5.24. The minimum Gasteiger partial charge on any atom is -0.349 e. The fourth-order valence-electron chi connectivity index (χ4n) is 3.32. The molecule has 0 spiro atoms. The van der Waals surface area contributed by atoms with Crippen LogP contribution in [-0.4, -0.2) is 22.3 Å². The van der Waals surface area contributed by atoms with E-state index in [1.807, 2.05) is 12.4 Å². The molecule has 1 aromatic heterocycles. The molecule has 19 heavy (non-hydrogen) atoms. The maximum atomic E-state index is 8.42. The molecule has 1 aromatic carbocycles. The van der Waals surface area contributed by atoms with Gasteiger partial charge in [-0.2, -0.15) is 0 Å². The quantitative estimate of drug-likeness (QED) is 0.779. The summed E-state index contributed by atoms with van der Waals surface area (Å²) in [5.74, 6) is 0.633. The Bertz CT molecular complexity index is 663. The third-order valence-corrected chi connectivity index (χ3v) is 4.28. The summed E-state index contributed by atoms with van der Waals surface area (Å²) in [4.78, 5) is 6.39. The minimum atomic E-state index is 0.326. The third-order valence-electron chi connectivity index (χ3n) is 4.28. The SMILES string of the molecule is N=C1c2cnccc2C[C@@H]2c3ccccc3CCN12. The van der Waals surface area contributed by atoms with Crippen LogP contribution in [0.5, 0.6) is 0 Å². The van der Waals surface area contributed by atoms with Gasteiger partial charge in [0.1, 0.15) is 5.84 Å². The van der Waals surface area contributed by atoms with E-state index in [4.69, 9.17) is 5.41 Å². The van der Waals surface area contributed by atoms with Crippen molar-refractivity contribution in [2.24, 2.45) is 0 Å². The summed E-state index contributed by atoms with van der Waals surface area (Å²) in [5, 5.41) is 8.42. The average molecular weight is 249 g/mol. The Morgan fingerprint density at radius 3 is 3.00 bits per heavy atom. The van der Waals surface area contributed by atoms with Gasteiger partial charge < -0.3 is 4.90 Å². The molecule has 0 unspecified atom stereocenters. The highest BCUT2D eigenvalue weighted by molar-refractivity contribution is 5.99. The van der Waals surface area contributed by atoms with Gasteiger partial charge in [0.25, 0.3) is 0 Å². The highest BCUT2D eigenvalue weighted by Gasteiger charge is 2.34. The number of nitrogens with one attached hydrogen (secondary N) is 1. The van der Waals surface area contributed by atoms with E-state index < -0.39 is 0 Å². The molecular formula is C16H15N3. The minimum absolute atomic E-state index is 0.326. The maximum Gasteiger partial charge on any atom is 0.130 e. The van der Waals surface area contributed by atoms with Gasteiger partial charge in [0, 0.05) is 24.5 Å². The zero-order chi connectivity index (χ0) is 12.8. The standard InChI is InChI=1S/C16H15N3/c17-16-14-10-18-7-5-12(14)9-15-13-4-2-1-3-11(13)6-8-19(15)16/h1-5,7,10,15,17H,6,8-9H2/t15-/m1/s1. The van der Waals surface area contributed by atoms with Crippen molar-refractivity contribution in [3.05, 3.63) is 65.0 Å². The Labute approximate surface area is 112 Å². The Morgan fingerprint density at radius 2 is 2.05 bits per heavy atom. The Morgan fingerprint density at radius 1 is 1.16 bits per heavy atom. The molecule has 3 heteroatoms. The van der Waals surface area contributed by atoms with Crippen LogP contribution in [0.1, 0.15) is 28.3 Å². The summed E-state index contributed by atoms with van der Waals surface area (Å²) in [6.07, 6.45) is 5.67. The van der Waals surface area contributed by atoms with Crippen LogP contribution in [0.4, 0.5) is 0 Å². The lowest BCUT2D eigenvalue weighted by Crippen LogP contribution is -2.44. The summed E-state index contributed by atoms with van der Waals surface area (Å²) >= 11 is 0. The first-order valence-corrected chi connectivity index (χ1v) is 6.71. The molecule has 1 atom stereocenters. The first kappa shape index (κ1) is 10.7. The number of benzene rings is 1. The molecule has 3 heterocycles. The Balaban J connectivity index is 1.85. The Hall–Kier alpha value is -2.16.